The molecule has 0 aliphatic heterocycles. The summed E-state index contributed by atoms with van der Waals surface area (Å²) in [6.07, 6.45) is 4.39. The molecule has 2 heteroatoms. The molecule has 1 aliphatic rings. The van der Waals surface area contributed by atoms with Gasteiger partial charge in [0.2, 0.25) is 0 Å². The number of hydrogen-bond acceptors (Lipinski definition) is 1. The van der Waals surface area contributed by atoms with Gasteiger partial charge in [0.1, 0.15) is 0 Å². The van der Waals surface area contributed by atoms with Crippen molar-refractivity contribution >= 4 is 12.0 Å². The quantitative estimate of drug-likeness (QED) is 0.748. The fourth-order valence-corrected chi connectivity index (χ4v) is 1.21. The van der Waals surface area contributed by atoms with Gasteiger partial charge in [0.05, 0.1) is 5.56 Å². The maximum atomic E-state index is 10.6. The number of hydrogen-bond donors (Lipinski definition) is 1. The highest BCUT2D eigenvalue weighted by molar-refractivity contribution is 5.88. The van der Waals surface area contributed by atoms with Crippen molar-refractivity contribution in [1.29, 1.82) is 0 Å². The third-order valence-electron chi connectivity index (χ3n) is 2.04. The second-order valence-corrected chi connectivity index (χ2v) is 3.23. The molecule has 0 bridgehead atoms. The van der Waals surface area contributed by atoms with Crippen LogP contribution in [-0.4, -0.2) is 11.1 Å². The van der Waals surface area contributed by atoms with Crippen LogP contribution in [0, 0.1) is 0 Å². The van der Waals surface area contributed by atoms with Crippen LogP contribution >= 0.6 is 0 Å². The van der Waals surface area contributed by atoms with Crippen LogP contribution in [-0.2, 0) is 0 Å². The van der Waals surface area contributed by atoms with Crippen molar-refractivity contribution in [3.05, 3.63) is 41.0 Å². The van der Waals surface area contributed by atoms with E-state index in [2.05, 4.69) is 6.08 Å². The molecule has 1 aromatic carbocycles. The molecule has 1 N–H and O–H groups in total. The van der Waals surface area contributed by atoms with Gasteiger partial charge >= 0.3 is 5.97 Å². The summed E-state index contributed by atoms with van der Waals surface area (Å²) in [4.78, 5) is 10.6. The van der Waals surface area contributed by atoms with Crippen LogP contribution < -0.4 is 0 Å². The molecule has 0 amide bonds. The first-order valence-electron chi connectivity index (χ1n) is 4.28. The lowest BCUT2D eigenvalue weighted by atomic mass is 10.1. The van der Waals surface area contributed by atoms with Crippen LogP contribution in [0.3, 0.4) is 0 Å². The Hall–Kier alpha value is -1.57. The van der Waals surface area contributed by atoms with E-state index < -0.39 is 5.97 Å². The maximum Gasteiger partial charge on any atom is 0.335 e. The van der Waals surface area contributed by atoms with Crippen LogP contribution in [0.1, 0.15) is 28.8 Å². The summed E-state index contributed by atoms with van der Waals surface area (Å²) >= 11 is 0. The van der Waals surface area contributed by atoms with Gasteiger partial charge in [0.15, 0.2) is 0 Å². The van der Waals surface area contributed by atoms with E-state index in [9.17, 15) is 4.79 Å². The topological polar surface area (TPSA) is 37.3 Å². The summed E-state index contributed by atoms with van der Waals surface area (Å²) in [5.41, 5.74) is 2.75. The second kappa shape index (κ2) is 3.05. The molecule has 0 saturated heterocycles. The van der Waals surface area contributed by atoms with Gasteiger partial charge in [-0.05, 0) is 30.5 Å². The van der Waals surface area contributed by atoms with E-state index in [4.69, 9.17) is 5.11 Å². The van der Waals surface area contributed by atoms with Gasteiger partial charge in [-0.1, -0.05) is 23.8 Å². The standard InChI is InChI=1S/C11H10O2/c12-11(13)10-3-1-2-9(7-10)6-8-4-5-8/h1-3,6-7H,4-5H2,(H,12,13). The number of benzene rings is 1. The normalized spacial score (nSPS) is 14.0. The number of aromatic carboxylic acids is 1. The minimum Gasteiger partial charge on any atom is -0.478 e. The predicted molar refractivity (Wildman–Crippen MR) is 50.6 cm³/mol. The number of carboxylic acid groups (broad SMARTS) is 1. The lowest BCUT2D eigenvalue weighted by Crippen LogP contribution is -1.95. The van der Waals surface area contributed by atoms with Crippen molar-refractivity contribution < 1.29 is 9.90 Å². The van der Waals surface area contributed by atoms with Gasteiger partial charge in [0.25, 0.3) is 0 Å². The Morgan fingerprint density at radius 1 is 1.38 bits per heavy atom. The van der Waals surface area contributed by atoms with E-state index in [-0.39, 0.29) is 0 Å². The first-order valence-corrected chi connectivity index (χ1v) is 4.28. The lowest BCUT2D eigenvalue weighted by molar-refractivity contribution is 0.0697. The van der Waals surface area contributed by atoms with Crippen molar-refractivity contribution in [2.75, 3.05) is 0 Å². The zero-order valence-electron chi connectivity index (χ0n) is 7.16. The molecule has 0 spiro atoms. The Morgan fingerprint density at radius 2 is 2.15 bits per heavy atom. The average Bonchev–Trinajstić information content (AvgIpc) is 2.89. The summed E-state index contributed by atoms with van der Waals surface area (Å²) < 4.78 is 0. The first kappa shape index (κ1) is 8.05. The summed E-state index contributed by atoms with van der Waals surface area (Å²) in [6, 6.07) is 7.01. The van der Waals surface area contributed by atoms with Crippen molar-refractivity contribution in [2.24, 2.45) is 0 Å². The summed E-state index contributed by atoms with van der Waals surface area (Å²) in [6.45, 7) is 0. The van der Waals surface area contributed by atoms with Crippen molar-refractivity contribution in [1.82, 2.24) is 0 Å². The average molecular weight is 174 g/mol. The molecule has 13 heavy (non-hydrogen) atoms. The van der Waals surface area contributed by atoms with Gasteiger partial charge in [-0.2, -0.15) is 0 Å². The Bertz CT molecular complexity index is 371. The van der Waals surface area contributed by atoms with E-state index >= 15 is 0 Å². The van der Waals surface area contributed by atoms with Crippen LogP contribution in [0.5, 0.6) is 0 Å². The van der Waals surface area contributed by atoms with Gasteiger partial charge in [-0.3, -0.25) is 0 Å². The van der Waals surface area contributed by atoms with E-state index in [0.29, 0.717) is 5.56 Å². The molecular formula is C11H10O2. The lowest BCUT2D eigenvalue weighted by Gasteiger charge is -1.95. The number of carboxylic acids is 1. The summed E-state index contributed by atoms with van der Waals surface area (Å²) in [7, 11) is 0. The summed E-state index contributed by atoms with van der Waals surface area (Å²) in [5.74, 6) is -0.865. The van der Waals surface area contributed by atoms with Gasteiger partial charge < -0.3 is 5.11 Å². The minimum absolute atomic E-state index is 0.356. The highest BCUT2D eigenvalue weighted by Crippen LogP contribution is 2.30. The largest absolute Gasteiger partial charge is 0.478 e. The predicted octanol–water partition coefficient (Wildman–Crippen LogP) is 2.56. The fraction of sp³-hybridized carbons (Fsp3) is 0.182. The Balaban J connectivity index is 2.31. The molecule has 0 radical (unpaired) electrons. The fourth-order valence-electron chi connectivity index (χ4n) is 1.21. The Morgan fingerprint density at radius 3 is 2.77 bits per heavy atom. The van der Waals surface area contributed by atoms with Gasteiger partial charge in [-0.15, -0.1) is 0 Å². The van der Waals surface area contributed by atoms with Crippen LogP contribution in [0.4, 0.5) is 0 Å². The van der Waals surface area contributed by atoms with E-state index in [0.717, 1.165) is 18.4 Å². The van der Waals surface area contributed by atoms with Gasteiger partial charge in [0, 0.05) is 0 Å². The molecule has 0 heterocycles. The third-order valence-corrected chi connectivity index (χ3v) is 2.04. The highest BCUT2D eigenvalue weighted by atomic mass is 16.4. The summed E-state index contributed by atoms with van der Waals surface area (Å²) in [5, 5.41) is 8.74. The van der Waals surface area contributed by atoms with E-state index in [1.54, 1.807) is 18.2 Å². The van der Waals surface area contributed by atoms with Crippen molar-refractivity contribution in [3.8, 4) is 0 Å². The van der Waals surface area contributed by atoms with E-state index in [1.807, 2.05) is 6.07 Å². The van der Waals surface area contributed by atoms with Crippen LogP contribution in [0.2, 0.25) is 0 Å². The smallest absolute Gasteiger partial charge is 0.335 e. The SMILES string of the molecule is O=C(O)c1cccc(C=C2CC2)c1. The molecule has 0 aromatic heterocycles. The zero-order valence-corrected chi connectivity index (χ0v) is 7.16. The number of carbonyl (C=O) groups is 1. The number of rotatable bonds is 2. The van der Waals surface area contributed by atoms with Gasteiger partial charge in [-0.25, -0.2) is 4.79 Å². The van der Waals surface area contributed by atoms with Crippen molar-refractivity contribution in [2.45, 2.75) is 12.8 Å². The molecule has 66 valence electrons. The molecule has 1 saturated carbocycles. The first-order chi connectivity index (χ1) is 6.25. The molecule has 0 unspecified atom stereocenters. The molecule has 2 nitrogen and oxygen atoms in total. The maximum absolute atomic E-state index is 10.6. The minimum atomic E-state index is -0.865. The zero-order chi connectivity index (χ0) is 9.26. The molecule has 1 aromatic rings. The molecule has 0 atom stereocenters. The third kappa shape index (κ3) is 1.96. The molecule has 1 fully saturated rings. The van der Waals surface area contributed by atoms with Crippen molar-refractivity contribution in [3.63, 3.8) is 0 Å². The molecule has 2 rings (SSSR count). The number of allylic oxidation sites excluding steroid dienone is 1. The monoisotopic (exact) mass is 174 g/mol. The van der Waals surface area contributed by atoms with Crippen LogP contribution in [0.15, 0.2) is 29.8 Å². The Labute approximate surface area is 76.5 Å². The van der Waals surface area contributed by atoms with E-state index in [1.165, 1.54) is 5.57 Å². The van der Waals surface area contributed by atoms with Crippen LogP contribution in [0.25, 0.3) is 6.08 Å². The molecule has 1 aliphatic carbocycles. The highest BCUT2D eigenvalue weighted by Gasteiger charge is 2.10. The molecular weight excluding hydrogens is 164 g/mol. The Kier molecular flexibility index (Phi) is 1.89. The second-order valence-electron chi connectivity index (χ2n) is 3.23.